The largest absolute Gasteiger partial charge is 0.472 e. The minimum atomic E-state index is -3.65. The molecule has 0 aliphatic carbocycles. The molecule has 0 unspecified atom stereocenters. The van der Waals surface area contributed by atoms with E-state index in [9.17, 15) is 17.6 Å². The number of hydrogen-bond donors (Lipinski definition) is 1. The number of nitrogens with one attached hydrogen (secondary N) is 1. The van der Waals surface area contributed by atoms with Gasteiger partial charge in [0.1, 0.15) is 5.82 Å². The van der Waals surface area contributed by atoms with Crippen LogP contribution < -0.4 is 5.32 Å². The second-order valence-electron chi connectivity index (χ2n) is 5.98. The Kier molecular flexibility index (Phi) is 5.19. The zero-order chi connectivity index (χ0) is 17.9. The van der Waals surface area contributed by atoms with E-state index in [-0.39, 0.29) is 29.8 Å². The van der Waals surface area contributed by atoms with Gasteiger partial charge in [-0.15, -0.1) is 0 Å². The maximum absolute atomic E-state index is 13.0. The van der Waals surface area contributed by atoms with Crippen molar-refractivity contribution < 1.29 is 22.0 Å². The van der Waals surface area contributed by atoms with Crippen LogP contribution in [0.5, 0.6) is 0 Å². The Bertz CT molecular complexity index is 811. The SMILES string of the molecule is O=C(NCc1ccoc1)C1CCN(S(=O)(=O)c2ccc(F)cc2)CC1. The summed E-state index contributed by atoms with van der Waals surface area (Å²) in [4.78, 5) is 12.3. The summed E-state index contributed by atoms with van der Waals surface area (Å²) in [6.45, 7) is 0.927. The molecule has 0 spiro atoms. The molecule has 1 aliphatic rings. The monoisotopic (exact) mass is 366 g/mol. The highest BCUT2D eigenvalue weighted by Crippen LogP contribution is 2.24. The third-order valence-corrected chi connectivity index (χ3v) is 6.24. The van der Waals surface area contributed by atoms with E-state index in [0.717, 1.165) is 17.7 Å². The van der Waals surface area contributed by atoms with Crippen LogP contribution in [0.25, 0.3) is 0 Å². The lowest BCUT2D eigenvalue weighted by atomic mass is 9.97. The van der Waals surface area contributed by atoms with E-state index in [1.54, 1.807) is 18.6 Å². The van der Waals surface area contributed by atoms with Gasteiger partial charge in [0.25, 0.3) is 0 Å². The number of amides is 1. The van der Waals surface area contributed by atoms with Crippen LogP contribution in [0, 0.1) is 11.7 Å². The van der Waals surface area contributed by atoms with Gasteiger partial charge in [-0.2, -0.15) is 4.31 Å². The summed E-state index contributed by atoms with van der Waals surface area (Å²) in [5.41, 5.74) is 0.879. The van der Waals surface area contributed by atoms with Crippen molar-refractivity contribution >= 4 is 15.9 Å². The number of benzene rings is 1. The van der Waals surface area contributed by atoms with Gasteiger partial charge in [0.15, 0.2) is 0 Å². The standard InChI is InChI=1S/C17H19FN2O4S/c18-15-1-3-16(4-2-15)25(22,23)20-8-5-14(6-9-20)17(21)19-11-13-7-10-24-12-13/h1-4,7,10,12,14H,5-6,8-9,11H2,(H,19,21). The molecule has 25 heavy (non-hydrogen) atoms. The zero-order valence-electron chi connectivity index (χ0n) is 13.5. The van der Waals surface area contributed by atoms with Gasteiger partial charge in [0.05, 0.1) is 17.4 Å². The molecule has 2 heterocycles. The molecule has 1 saturated heterocycles. The van der Waals surface area contributed by atoms with Gasteiger partial charge in [0, 0.05) is 31.1 Å². The molecule has 8 heteroatoms. The first-order valence-electron chi connectivity index (χ1n) is 8.01. The second kappa shape index (κ2) is 7.37. The summed E-state index contributed by atoms with van der Waals surface area (Å²) in [6.07, 6.45) is 4.02. The topological polar surface area (TPSA) is 79.6 Å². The maximum Gasteiger partial charge on any atom is 0.243 e. The van der Waals surface area contributed by atoms with Gasteiger partial charge in [-0.1, -0.05) is 0 Å². The Morgan fingerprint density at radius 2 is 1.88 bits per heavy atom. The zero-order valence-corrected chi connectivity index (χ0v) is 14.3. The maximum atomic E-state index is 13.0. The molecule has 0 radical (unpaired) electrons. The number of halogens is 1. The van der Waals surface area contributed by atoms with Gasteiger partial charge in [0.2, 0.25) is 15.9 Å². The number of piperidine rings is 1. The Hall–Kier alpha value is -2.19. The summed E-state index contributed by atoms with van der Waals surface area (Å²) in [7, 11) is -3.65. The van der Waals surface area contributed by atoms with Crippen molar-refractivity contribution in [3.63, 3.8) is 0 Å². The summed E-state index contributed by atoms with van der Waals surface area (Å²) < 4.78 is 44.4. The predicted octanol–water partition coefficient (Wildman–Crippen LogP) is 2.14. The van der Waals surface area contributed by atoms with Gasteiger partial charge in [-0.3, -0.25) is 4.79 Å². The fourth-order valence-electron chi connectivity index (χ4n) is 2.84. The fourth-order valence-corrected chi connectivity index (χ4v) is 4.31. The molecule has 0 saturated carbocycles. The lowest BCUT2D eigenvalue weighted by Gasteiger charge is -2.30. The number of carbonyl (C=O) groups excluding carboxylic acids is 1. The quantitative estimate of drug-likeness (QED) is 0.879. The summed E-state index contributed by atoms with van der Waals surface area (Å²) >= 11 is 0. The summed E-state index contributed by atoms with van der Waals surface area (Å²) in [5.74, 6) is -0.779. The van der Waals surface area contributed by atoms with Crippen molar-refractivity contribution in [2.24, 2.45) is 5.92 Å². The van der Waals surface area contributed by atoms with Crippen LogP contribution in [0.4, 0.5) is 4.39 Å². The molecule has 2 aromatic rings. The van der Waals surface area contributed by atoms with E-state index in [2.05, 4.69) is 5.32 Å². The van der Waals surface area contributed by atoms with Crippen molar-refractivity contribution in [1.82, 2.24) is 9.62 Å². The van der Waals surface area contributed by atoms with E-state index in [4.69, 9.17) is 4.42 Å². The first kappa shape index (κ1) is 17.6. The lowest BCUT2D eigenvalue weighted by molar-refractivity contribution is -0.126. The summed E-state index contributed by atoms with van der Waals surface area (Å²) in [5, 5.41) is 2.84. The molecule has 0 atom stereocenters. The molecule has 1 N–H and O–H groups in total. The number of hydrogen-bond acceptors (Lipinski definition) is 4. The first-order valence-corrected chi connectivity index (χ1v) is 9.45. The van der Waals surface area contributed by atoms with Crippen molar-refractivity contribution in [2.75, 3.05) is 13.1 Å². The summed E-state index contributed by atoms with van der Waals surface area (Å²) in [6, 6.07) is 6.55. The van der Waals surface area contributed by atoms with Crippen LogP contribution >= 0.6 is 0 Å². The smallest absolute Gasteiger partial charge is 0.243 e. The van der Waals surface area contributed by atoms with Crippen molar-refractivity contribution in [2.45, 2.75) is 24.3 Å². The highest BCUT2D eigenvalue weighted by Gasteiger charge is 2.32. The normalized spacial score (nSPS) is 16.7. The molecule has 6 nitrogen and oxygen atoms in total. The van der Waals surface area contributed by atoms with Crippen LogP contribution in [0.1, 0.15) is 18.4 Å². The van der Waals surface area contributed by atoms with Crippen LogP contribution in [0.3, 0.4) is 0 Å². The fraction of sp³-hybridized carbons (Fsp3) is 0.353. The van der Waals surface area contributed by atoms with Gasteiger partial charge < -0.3 is 9.73 Å². The third-order valence-electron chi connectivity index (χ3n) is 4.32. The molecule has 1 aromatic heterocycles. The van der Waals surface area contributed by atoms with Crippen LogP contribution in [-0.2, 0) is 21.4 Å². The number of sulfonamides is 1. The number of nitrogens with zero attached hydrogens (tertiary/aromatic N) is 1. The van der Waals surface area contributed by atoms with Crippen molar-refractivity contribution in [3.8, 4) is 0 Å². The van der Waals surface area contributed by atoms with Crippen LogP contribution in [0.2, 0.25) is 0 Å². The van der Waals surface area contributed by atoms with E-state index in [0.29, 0.717) is 19.4 Å². The lowest BCUT2D eigenvalue weighted by Crippen LogP contribution is -2.42. The molecular weight excluding hydrogens is 347 g/mol. The minimum Gasteiger partial charge on any atom is -0.472 e. The van der Waals surface area contributed by atoms with E-state index >= 15 is 0 Å². The first-order chi connectivity index (χ1) is 12.0. The predicted molar refractivity (Wildman–Crippen MR) is 88.4 cm³/mol. The molecule has 1 aromatic carbocycles. The van der Waals surface area contributed by atoms with E-state index < -0.39 is 15.8 Å². The van der Waals surface area contributed by atoms with E-state index in [1.165, 1.54) is 16.4 Å². The second-order valence-corrected chi connectivity index (χ2v) is 7.92. The Morgan fingerprint density at radius 3 is 2.48 bits per heavy atom. The highest BCUT2D eigenvalue weighted by molar-refractivity contribution is 7.89. The molecule has 0 bridgehead atoms. The molecule has 1 amide bonds. The van der Waals surface area contributed by atoms with Crippen molar-refractivity contribution in [1.29, 1.82) is 0 Å². The Labute approximate surface area is 145 Å². The Balaban J connectivity index is 1.55. The number of rotatable bonds is 5. The third kappa shape index (κ3) is 4.08. The van der Waals surface area contributed by atoms with Crippen molar-refractivity contribution in [3.05, 3.63) is 54.2 Å². The number of furan rings is 1. The Morgan fingerprint density at radius 1 is 1.20 bits per heavy atom. The van der Waals surface area contributed by atoms with Gasteiger partial charge in [-0.25, -0.2) is 12.8 Å². The molecule has 3 rings (SSSR count). The molecule has 1 aliphatic heterocycles. The van der Waals surface area contributed by atoms with Gasteiger partial charge in [-0.05, 0) is 43.2 Å². The van der Waals surface area contributed by atoms with Gasteiger partial charge >= 0.3 is 0 Å². The van der Waals surface area contributed by atoms with E-state index in [1.807, 2.05) is 0 Å². The highest BCUT2D eigenvalue weighted by atomic mass is 32.2. The number of carbonyl (C=O) groups is 1. The molecular formula is C17H19FN2O4S. The average Bonchev–Trinajstić information content (AvgIpc) is 3.14. The molecule has 1 fully saturated rings. The van der Waals surface area contributed by atoms with Crippen LogP contribution in [0.15, 0.2) is 52.2 Å². The average molecular weight is 366 g/mol. The van der Waals surface area contributed by atoms with Crippen LogP contribution in [-0.4, -0.2) is 31.7 Å². The molecule has 134 valence electrons. The minimum absolute atomic E-state index is 0.0664.